The number of rotatable bonds is 5. The lowest BCUT2D eigenvalue weighted by Crippen LogP contribution is -2.32. The second-order valence-corrected chi connectivity index (χ2v) is 6.32. The summed E-state index contributed by atoms with van der Waals surface area (Å²) in [6.45, 7) is 2.16. The molecule has 4 nitrogen and oxygen atoms in total. The third kappa shape index (κ3) is 2.99. The first kappa shape index (κ1) is 13.1. The summed E-state index contributed by atoms with van der Waals surface area (Å²) in [6.07, 6.45) is 9.14. The fraction of sp³-hybridized carbons (Fsp3) is 0.643. The molecular weight excluding hydrogens is 258 g/mol. The topological polar surface area (TPSA) is 49.6 Å². The van der Waals surface area contributed by atoms with Gasteiger partial charge in [-0.05, 0) is 31.2 Å². The molecule has 0 radical (unpaired) electrons. The van der Waals surface area contributed by atoms with Crippen LogP contribution in [0.5, 0.6) is 0 Å². The molecule has 2 N–H and O–H groups in total. The second-order valence-electron chi connectivity index (χ2n) is 5.44. The maximum absolute atomic E-state index is 9.40. The van der Waals surface area contributed by atoms with Crippen LogP contribution in [0.4, 0.5) is 0 Å². The Hall–Kier alpha value is -0.910. The van der Waals surface area contributed by atoms with Crippen LogP contribution in [-0.4, -0.2) is 27.6 Å². The number of nitrogens with zero attached hydrogens (tertiary/aromatic N) is 2. The molecule has 19 heavy (non-hydrogen) atoms. The van der Waals surface area contributed by atoms with Crippen LogP contribution in [0.2, 0.25) is 0 Å². The predicted molar refractivity (Wildman–Crippen MR) is 77.3 cm³/mol. The van der Waals surface area contributed by atoms with Gasteiger partial charge in [0, 0.05) is 30.9 Å². The number of aliphatic hydroxyl groups is 1. The summed E-state index contributed by atoms with van der Waals surface area (Å²) < 4.78 is 2.07. The van der Waals surface area contributed by atoms with Crippen LogP contribution in [-0.2, 0) is 6.54 Å². The van der Waals surface area contributed by atoms with Gasteiger partial charge in [0.2, 0.25) is 0 Å². The first-order chi connectivity index (χ1) is 9.36. The highest BCUT2D eigenvalue weighted by Crippen LogP contribution is 2.29. The fourth-order valence-electron chi connectivity index (χ4n) is 3.04. The van der Waals surface area contributed by atoms with Crippen LogP contribution in [0, 0.1) is 11.8 Å². The van der Waals surface area contributed by atoms with Gasteiger partial charge >= 0.3 is 0 Å². The van der Waals surface area contributed by atoms with Crippen molar-refractivity contribution in [2.45, 2.75) is 32.2 Å². The smallest absolute Gasteiger partial charge is 0.193 e. The van der Waals surface area contributed by atoms with Crippen molar-refractivity contribution in [1.82, 2.24) is 14.7 Å². The first-order valence-electron chi connectivity index (χ1n) is 7.09. The number of fused-ring (bicyclic) bond motifs is 1. The van der Waals surface area contributed by atoms with E-state index in [9.17, 15) is 5.11 Å². The van der Waals surface area contributed by atoms with Gasteiger partial charge in [-0.2, -0.15) is 0 Å². The van der Waals surface area contributed by atoms with Gasteiger partial charge in [0.15, 0.2) is 4.96 Å². The number of aliphatic hydroxyl groups excluding tert-OH is 1. The molecule has 3 rings (SSSR count). The van der Waals surface area contributed by atoms with E-state index >= 15 is 0 Å². The Balaban J connectivity index is 1.50. The summed E-state index contributed by atoms with van der Waals surface area (Å²) in [4.78, 5) is 5.62. The van der Waals surface area contributed by atoms with Crippen LogP contribution >= 0.6 is 11.3 Å². The molecular formula is C14H21N3OS. The number of hydrogen-bond donors (Lipinski definition) is 2. The monoisotopic (exact) mass is 279 g/mol. The molecule has 2 aromatic heterocycles. The van der Waals surface area contributed by atoms with Crippen LogP contribution in [0.15, 0.2) is 17.8 Å². The lowest BCUT2D eigenvalue weighted by molar-refractivity contribution is 0.133. The molecule has 104 valence electrons. The molecule has 1 saturated carbocycles. The van der Waals surface area contributed by atoms with Gasteiger partial charge in [-0.25, -0.2) is 4.98 Å². The Kier molecular flexibility index (Phi) is 4.15. The minimum Gasteiger partial charge on any atom is -0.396 e. The van der Waals surface area contributed by atoms with Gasteiger partial charge in [-0.3, -0.25) is 4.40 Å². The molecule has 2 heterocycles. The van der Waals surface area contributed by atoms with Gasteiger partial charge in [-0.1, -0.05) is 12.8 Å². The van der Waals surface area contributed by atoms with Gasteiger partial charge in [0.1, 0.15) is 0 Å². The van der Waals surface area contributed by atoms with E-state index in [0.717, 1.165) is 23.7 Å². The summed E-state index contributed by atoms with van der Waals surface area (Å²) in [7, 11) is 0. The van der Waals surface area contributed by atoms with Gasteiger partial charge in [0.25, 0.3) is 0 Å². The summed E-state index contributed by atoms with van der Waals surface area (Å²) in [5.74, 6) is 1.12. The summed E-state index contributed by atoms with van der Waals surface area (Å²) in [5, 5.41) is 15.0. The molecule has 0 spiro atoms. The van der Waals surface area contributed by atoms with E-state index in [0.29, 0.717) is 18.4 Å². The Labute approximate surface area is 117 Å². The van der Waals surface area contributed by atoms with Gasteiger partial charge in [-0.15, -0.1) is 11.3 Å². The van der Waals surface area contributed by atoms with Gasteiger partial charge in [0.05, 0.1) is 5.69 Å². The highest BCUT2D eigenvalue weighted by molar-refractivity contribution is 7.15. The van der Waals surface area contributed by atoms with Crippen LogP contribution in [0.25, 0.3) is 4.96 Å². The lowest BCUT2D eigenvalue weighted by Gasteiger charge is -2.30. The Morgan fingerprint density at radius 3 is 3.00 bits per heavy atom. The molecule has 0 aliphatic heterocycles. The van der Waals surface area contributed by atoms with Gasteiger partial charge < -0.3 is 10.4 Å². The molecule has 1 aliphatic rings. The van der Waals surface area contributed by atoms with Crippen LogP contribution in [0.3, 0.4) is 0 Å². The Morgan fingerprint density at radius 2 is 2.21 bits per heavy atom. The van der Waals surface area contributed by atoms with Crippen molar-refractivity contribution in [3.05, 3.63) is 23.5 Å². The van der Waals surface area contributed by atoms with E-state index in [1.807, 2.05) is 11.6 Å². The van der Waals surface area contributed by atoms with Crippen LogP contribution < -0.4 is 5.32 Å². The van der Waals surface area contributed by atoms with E-state index in [2.05, 4.69) is 20.9 Å². The molecule has 2 atom stereocenters. The molecule has 5 heteroatoms. The SMILES string of the molecule is OCC1CCCCC1CNCc1cn2ccsc2n1. The van der Waals surface area contributed by atoms with Crippen molar-refractivity contribution < 1.29 is 5.11 Å². The summed E-state index contributed by atoms with van der Waals surface area (Å²) in [6, 6.07) is 0. The van der Waals surface area contributed by atoms with Crippen molar-refractivity contribution in [2.24, 2.45) is 11.8 Å². The predicted octanol–water partition coefficient (Wildman–Crippen LogP) is 2.28. The van der Waals surface area contributed by atoms with Crippen LogP contribution in [0.1, 0.15) is 31.4 Å². The molecule has 1 fully saturated rings. The molecule has 0 saturated heterocycles. The fourth-order valence-corrected chi connectivity index (χ4v) is 3.76. The quantitative estimate of drug-likeness (QED) is 0.883. The lowest BCUT2D eigenvalue weighted by atomic mass is 9.79. The van der Waals surface area contributed by atoms with E-state index < -0.39 is 0 Å². The van der Waals surface area contributed by atoms with Crippen molar-refractivity contribution in [2.75, 3.05) is 13.2 Å². The Bertz CT molecular complexity index is 493. The third-order valence-electron chi connectivity index (χ3n) is 4.16. The highest BCUT2D eigenvalue weighted by atomic mass is 32.1. The number of aromatic nitrogens is 2. The summed E-state index contributed by atoms with van der Waals surface area (Å²) in [5.41, 5.74) is 1.10. The van der Waals surface area contributed by atoms with Crippen molar-refractivity contribution >= 4 is 16.3 Å². The molecule has 1 aliphatic carbocycles. The highest BCUT2D eigenvalue weighted by Gasteiger charge is 2.23. The number of hydrogen-bond acceptors (Lipinski definition) is 4. The minimum atomic E-state index is 0.340. The molecule has 0 aromatic carbocycles. The molecule has 0 amide bonds. The maximum atomic E-state index is 9.40. The number of thiazole rings is 1. The van der Waals surface area contributed by atoms with E-state index in [-0.39, 0.29) is 0 Å². The standard InChI is InChI=1S/C14H21N3OS/c18-10-12-4-2-1-3-11(12)7-15-8-13-9-17-5-6-19-14(17)16-13/h5-6,9,11-12,15,18H,1-4,7-8,10H2. The normalized spacial score (nSPS) is 24.1. The van der Waals surface area contributed by atoms with Crippen molar-refractivity contribution in [3.63, 3.8) is 0 Å². The molecule has 0 bridgehead atoms. The third-order valence-corrected chi connectivity index (χ3v) is 4.93. The minimum absolute atomic E-state index is 0.340. The average molecular weight is 279 g/mol. The zero-order chi connectivity index (χ0) is 13.1. The largest absolute Gasteiger partial charge is 0.396 e. The number of imidazole rings is 1. The number of nitrogens with one attached hydrogen (secondary N) is 1. The second kappa shape index (κ2) is 6.03. The zero-order valence-electron chi connectivity index (χ0n) is 11.1. The van der Waals surface area contributed by atoms with E-state index in [1.165, 1.54) is 25.7 Å². The Morgan fingerprint density at radius 1 is 1.37 bits per heavy atom. The van der Waals surface area contributed by atoms with Crippen molar-refractivity contribution in [3.8, 4) is 0 Å². The van der Waals surface area contributed by atoms with E-state index in [1.54, 1.807) is 11.3 Å². The summed E-state index contributed by atoms with van der Waals surface area (Å²) >= 11 is 1.66. The average Bonchev–Trinajstić information content (AvgIpc) is 3.00. The first-order valence-corrected chi connectivity index (χ1v) is 7.97. The van der Waals surface area contributed by atoms with Crippen molar-refractivity contribution in [1.29, 1.82) is 0 Å². The zero-order valence-corrected chi connectivity index (χ0v) is 11.9. The maximum Gasteiger partial charge on any atom is 0.193 e. The van der Waals surface area contributed by atoms with E-state index in [4.69, 9.17) is 0 Å². The molecule has 2 unspecified atom stereocenters. The molecule has 2 aromatic rings.